The maximum Gasteiger partial charge on any atom is 0.331 e. The second-order valence-corrected chi connectivity index (χ2v) is 6.38. The van der Waals surface area contributed by atoms with Crippen molar-refractivity contribution in [1.29, 1.82) is 0 Å². The zero-order valence-electron chi connectivity index (χ0n) is 14.0. The fraction of sp³-hybridized carbons (Fsp3) is 0.588. The number of hydrogen-bond acceptors (Lipinski definition) is 4. The van der Waals surface area contributed by atoms with Gasteiger partial charge in [0.15, 0.2) is 6.04 Å². The summed E-state index contributed by atoms with van der Waals surface area (Å²) in [6, 6.07) is 2.87. The number of likely N-dealkylation sites (N-methyl/N-ethyl adjacent to an activating group) is 1. The molecule has 1 atom stereocenters. The van der Waals surface area contributed by atoms with E-state index < -0.39 is 12.0 Å². The van der Waals surface area contributed by atoms with Crippen LogP contribution in [0.4, 0.5) is 0 Å². The molecule has 0 spiro atoms. The number of carbonyl (C=O) groups is 2. The van der Waals surface area contributed by atoms with Crippen LogP contribution in [0.25, 0.3) is 0 Å². The number of amides is 1. The van der Waals surface area contributed by atoms with Crippen molar-refractivity contribution in [2.24, 2.45) is 5.92 Å². The first-order chi connectivity index (χ1) is 10.9. The third-order valence-corrected chi connectivity index (χ3v) is 4.58. The smallest absolute Gasteiger partial charge is 0.331 e. The molecule has 1 unspecified atom stereocenters. The Bertz CT molecular complexity index is 539. The number of aliphatic carboxylic acids is 1. The molecule has 1 N–H and O–H groups in total. The number of carboxylic acid groups (broad SMARTS) is 1. The third-order valence-electron chi connectivity index (χ3n) is 4.58. The molecule has 1 aromatic rings. The van der Waals surface area contributed by atoms with Gasteiger partial charge in [-0.2, -0.15) is 0 Å². The fourth-order valence-electron chi connectivity index (χ4n) is 3.15. The highest BCUT2D eigenvalue weighted by Crippen LogP contribution is 2.26. The molecule has 0 bridgehead atoms. The highest BCUT2D eigenvalue weighted by molar-refractivity contribution is 5.85. The highest BCUT2D eigenvalue weighted by Gasteiger charge is 2.34. The SMILES string of the molecule is CC(C)N1CCC(C(=O)N(C)C(C(=O)O)c2cccnc2)CC1. The molecule has 1 aromatic heterocycles. The van der Waals surface area contributed by atoms with Gasteiger partial charge in [0, 0.05) is 37.0 Å². The summed E-state index contributed by atoms with van der Waals surface area (Å²) in [6.07, 6.45) is 4.65. The molecule has 2 heterocycles. The zero-order valence-corrected chi connectivity index (χ0v) is 14.0. The minimum atomic E-state index is -1.03. The van der Waals surface area contributed by atoms with Gasteiger partial charge in [-0.3, -0.25) is 9.78 Å². The van der Waals surface area contributed by atoms with Crippen molar-refractivity contribution in [3.63, 3.8) is 0 Å². The molecule has 0 aromatic carbocycles. The molecule has 1 fully saturated rings. The molecule has 0 aliphatic carbocycles. The number of carbonyl (C=O) groups excluding carboxylic acids is 1. The molecule has 1 aliphatic rings. The molecule has 126 valence electrons. The van der Waals surface area contributed by atoms with E-state index in [9.17, 15) is 14.7 Å². The number of piperidine rings is 1. The van der Waals surface area contributed by atoms with Gasteiger partial charge in [0.1, 0.15) is 0 Å². The van der Waals surface area contributed by atoms with Crippen molar-refractivity contribution in [3.05, 3.63) is 30.1 Å². The molecule has 1 aliphatic heterocycles. The average Bonchev–Trinajstić information content (AvgIpc) is 2.55. The van der Waals surface area contributed by atoms with Crippen LogP contribution in [-0.2, 0) is 9.59 Å². The maximum absolute atomic E-state index is 12.7. The predicted molar refractivity (Wildman–Crippen MR) is 86.8 cm³/mol. The average molecular weight is 319 g/mol. The van der Waals surface area contributed by atoms with E-state index in [2.05, 4.69) is 23.7 Å². The van der Waals surface area contributed by atoms with Crippen LogP contribution < -0.4 is 0 Å². The third kappa shape index (κ3) is 4.07. The molecule has 0 saturated carbocycles. The van der Waals surface area contributed by atoms with E-state index in [0.29, 0.717) is 11.6 Å². The van der Waals surface area contributed by atoms with Gasteiger partial charge in [0.25, 0.3) is 0 Å². The van der Waals surface area contributed by atoms with Crippen LogP contribution in [0.3, 0.4) is 0 Å². The molecular formula is C17H25N3O3. The maximum atomic E-state index is 12.7. The molecule has 6 nitrogen and oxygen atoms in total. The number of aromatic nitrogens is 1. The second kappa shape index (κ2) is 7.55. The van der Waals surface area contributed by atoms with Crippen molar-refractivity contribution in [2.45, 2.75) is 38.8 Å². The quantitative estimate of drug-likeness (QED) is 0.895. The number of nitrogens with zero attached hydrogens (tertiary/aromatic N) is 3. The van der Waals surface area contributed by atoms with Crippen LogP contribution >= 0.6 is 0 Å². The Kier molecular flexibility index (Phi) is 5.71. The molecule has 2 rings (SSSR count). The zero-order chi connectivity index (χ0) is 17.0. The van der Waals surface area contributed by atoms with E-state index in [-0.39, 0.29) is 11.8 Å². The van der Waals surface area contributed by atoms with E-state index in [4.69, 9.17) is 0 Å². The molecule has 1 amide bonds. The van der Waals surface area contributed by atoms with Gasteiger partial charge in [-0.25, -0.2) is 4.79 Å². The number of rotatable bonds is 5. The standard InChI is InChI=1S/C17H25N3O3/c1-12(2)20-9-6-13(7-10-20)16(21)19(3)15(17(22)23)14-5-4-8-18-11-14/h4-5,8,11-13,15H,6-7,9-10H2,1-3H3,(H,22,23). The van der Waals surface area contributed by atoms with Gasteiger partial charge in [0.05, 0.1) is 0 Å². The Balaban J connectivity index is 2.07. The first-order valence-electron chi connectivity index (χ1n) is 8.05. The Morgan fingerprint density at radius 3 is 2.48 bits per heavy atom. The fourth-order valence-corrected chi connectivity index (χ4v) is 3.15. The van der Waals surface area contributed by atoms with E-state index in [1.54, 1.807) is 25.4 Å². The minimum Gasteiger partial charge on any atom is -0.479 e. The van der Waals surface area contributed by atoms with Crippen molar-refractivity contribution in [1.82, 2.24) is 14.8 Å². The Morgan fingerprint density at radius 1 is 1.35 bits per heavy atom. The van der Waals surface area contributed by atoms with E-state index in [1.165, 1.54) is 11.1 Å². The van der Waals surface area contributed by atoms with Crippen molar-refractivity contribution >= 4 is 11.9 Å². The summed E-state index contributed by atoms with van der Waals surface area (Å²) >= 11 is 0. The van der Waals surface area contributed by atoms with Gasteiger partial charge in [-0.15, -0.1) is 0 Å². The molecule has 23 heavy (non-hydrogen) atoms. The van der Waals surface area contributed by atoms with Crippen molar-refractivity contribution < 1.29 is 14.7 Å². The van der Waals surface area contributed by atoms with Gasteiger partial charge in [-0.1, -0.05) is 6.07 Å². The van der Waals surface area contributed by atoms with Crippen LogP contribution in [0.1, 0.15) is 38.3 Å². The largest absolute Gasteiger partial charge is 0.479 e. The molecule has 6 heteroatoms. The molecular weight excluding hydrogens is 294 g/mol. The van der Waals surface area contributed by atoms with Crippen LogP contribution in [-0.4, -0.2) is 57.9 Å². The summed E-state index contributed by atoms with van der Waals surface area (Å²) in [5, 5.41) is 9.53. The predicted octanol–water partition coefficient (Wildman–Crippen LogP) is 1.79. The van der Waals surface area contributed by atoms with Crippen molar-refractivity contribution in [3.8, 4) is 0 Å². The van der Waals surface area contributed by atoms with Crippen LogP contribution in [0.15, 0.2) is 24.5 Å². The lowest BCUT2D eigenvalue weighted by Crippen LogP contribution is -2.45. The minimum absolute atomic E-state index is 0.0929. The first-order valence-corrected chi connectivity index (χ1v) is 8.05. The second-order valence-electron chi connectivity index (χ2n) is 6.38. The number of carboxylic acids is 1. The summed E-state index contributed by atoms with van der Waals surface area (Å²) in [6.45, 7) is 6.06. The van der Waals surface area contributed by atoms with Gasteiger partial charge >= 0.3 is 5.97 Å². The van der Waals surface area contributed by atoms with Gasteiger partial charge in [-0.05, 0) is 45.8 Å². The van der Waals surface area contributed by atoms with Crippen LogP contribution in [0.2, 0.25) is 0 Å². The molecule has 1 saturated heterocycles. The van der Waals surface area contributed by atoms with Crippen LogP contribution in [0, 0.1) is 5.92 Å². The van der Waals surface area contributed by atoms with Gasteiger partial charge < -0.3 is 14.9 Å². The van der Waals surface area contributed by atoms with Crippen molar-refractivity contribution in [2.75, 3.05) is 20.1 Å². The van der Waals surface area contributed by atoms with Crippen LogP contribution in [0.5, 0.6) is 0 Å². The number of likely N-dealkylation sites (tertiary alicyclic amines) is 1. The summed E-state index contributed by atoms with van der Waals surface area (Å²) in [5.41, 5.74) is 0.524. The summed E-state index contributed by atoms with van der Waals surface area (Å²) < 4.78 is 0. The van der Waals surface area contributed by atoms with E-state index in [1.807, 2.05) is 0 Å². The van der Waals surface area contributed by atoms with E-state index in [0.717, 1.165) is 25.9 Å². The Labute approximate surface area is 137 Å². The summed E-state index contributed by atoms with van der Waals surface area (Å²) in [4.78, 5) is 32.0. The topological polar surface area (TPSA) is 73.7 Å². The lowest BCUT2D eigenvalue weighted by atomic mass is 9.93. The van der Waals surface area contributed by atoms with E-state index >= 15 is 0 Å². The highest BCUT2D eigenvalue weighted by atomic mass is 16.4. The first kappa shape index (κ1) is 17.4. The Hall–Kier alpha value is -1.95. The lowest BCUT2D eigenvalue weighted by molar-refractivity contribution is -0.151. The number of hydrogen-bond donors (Lipinski definition) is 1. The number of pyridine rings is 1. The van der Waals surface area contributed by atoms with Gasteiger partial charge in [0.2, 0.25) is 5.91 Å². The summed E-state index contributed by atoms with van der Waals surface area (Å²) in [7, 11) is 1.57. The molecule has 0 radical (unpaired) electrons. The monoisotopic (exact) mass is 319 g/mol. The lowest BCUT2D eigenvalue weighted by Gasteiger charge is -2.36. The Morgan fingerprint density at radius 2 is 2.00 bits per heavy atom. The normalized spacial score (nSPS) is 17.9. The summed E-state index contributed by atoms with van der Waals surface area (Å²) in [5.74, 6) is -1.23.